The first-order valence-electron chi connectivity index (χ1n) is 3.12. The fourth-order valence-electron chi connectivity index (χ4n) is 0.800. The minimum atomic E-state index is 0.959. The van der Waals surface area contributed by atoms with Crippen LogP contribution in [-0.2, 0) is 6.42 Å². The highest BCUT2D eigenvalue weighted by molar-refractivity contribution is 5.15. The summed E-state index contributed by atoms with van der Waals surface area (Å²) in [5.41, 5.74) is 1.33. The Balaban J connectivity index is 2.61. The van der Waals surface area contributed by atoms with Gasteiger partial charge in [0.15, 0.2) is 6.42 Å². The van der Waals surface area contributed by atoms with Crippen LogP contribution in [0.25, 0.3) is 0 Å². The van der Waals surface area contributed by atoms with Gasteiger partial charge in [0.1, 0.15) is 6.92 Å². The van der Waals surface area contributed by atoms with E-state index in [1.165, 1.54) is 5.56 Å². The first-order valence-corrected chi connectivity index (χ1v) is 3.12. The van der Waals surface area contributed by atoms with Crippen LogP contribution in [0.15, 0.2) is 30.3 Å². The number of rotatable bonds is 2. The molecule has 0 heterocycles. The lowest BCUT2D eigenvalue weighted by molar-refractivity contribution is 1.14. The van der Waals surface area contributed by atoms with E-state index in [1.807, 2.05) is 25.1 Å². The molecule has 0 N–H and O–H groups in total. The molecule has 1 radical (unpaired) electrons. The van der Waals surface area contributed by atoms with Crippen molar-refractivity contribution in [3.05, 3.63) is 42.3 Å². The lowest BCUT2D eigenvalue weighted by atomic mass is 10.1. The Kier molecular flexibility index (Phi) is 2.20. The normalized spacial score (nSPS) is 9.00. The van der Waals surface area contributed by atoms with Crippen LogP contribution in [0.2, 0.25) is 0 Å². The second-order valence-electron chi connectivity index (χ2n) is 2.02. The predicted octanol–water partition coefficient (Wildman–Crippen LogP) is 2.33. The standard InChI is InChI=1S/C9H10/c1-2-6-9-7-4-3-5-8-9/h3-5,7-8H,6H2,1H3/q+1. The SMILES string of the molecule is C[C+]Cc1ccccc1. The van der Waals surface area contributed by atoms with Crippen molar-refractivity contribution < 1.29 is 0 Å². The number of hydrogen-bond donors (Lipinski definition) is 0. The molecule has 0 unspecified atom stereocenters. The molecule has 0 saturated heterocycles. The highest BCUT2D eigenvalue weighted by Gasteiger charge is 1.96. The van der Waals surface area contributed by atoms with Crippen molar-refractivity contribution in [1.82, 2.24) is 0 Å². The van der Waals surface area contributed by atoms with Crippen molar-refractivity contribution in [2.75, 3.05) is 0 Å². The third-order valence-electron chi connectivity index (χ3n) is 1.22. The Hall–Kier alpha value is -0.910. The van der Waals surface area contributed by atoms with Crippen molar-refractivity contribution in [3.8, 4) is 0 Å². The topological polar surface area (TPSA) is 0 Å². The maximum absolute atomic E-state index is 3.08. The molecule has 0 fully saturated rings. The summed E-state index contributed by atoms with van der Waals surface area (Å²) in [7, 11) is 0. The van der Waals surface area contributed by atoms with E-state index in [1.54, 1.807) is 0 Å². The lowest BCUT2D eigenvalue weighted by Gasteiger charge is -1.85. The van der Waals surface area contributed by atoms with E-state index in [0.717, 1.165) is 6.42 Å². The van der Waals surface area contributed by atoms with Gasteiger partial charge in [-0.2, -0.15) is 0 Å². The Bertz CT molecular complexity index is 153. The van der Waals surface area contributed by atoms with E-state index in [0.29, 0.717) is 0 Å². The predicted molar refractivity (Wildman–Crippen MR) is 39.1 cm³/mol. The largest absolute Gasteiger partial charge is 0.273 e. The van der Waals surface area contributed by atoms with Gasteiger partial charge >= 0.3 is 0 Å². The minimum Gasteiger partial charge on any atom is -0.0622 e. The molecule has 0 atom stereocenters. The van der Waals surface area contributed by atoms with Gasteiger partial charge in [0.25, 0.3) is 6.42 Å². The zero-order chi connectivity index (χ0) is 6.53. The van der Waals surface area contributed by atoms with Crippen molar-refractivity contribution in [3.63, 3.8) is 0 Å². The molecule has 0 aliphatic carbocycles. The molecule has 0 aliphatic rings. The molecule has 0 amide bonds. The van der Waals surface area contributed by atoms with Gasteiger partial charge in [0.05, 0.1) is 0 Å². The quantitative estimate of drug-likeness (QED) is 0.523. The summed E-state index contributed by atoms with van der Waals surface area (Å²) in [6.07, 6.45) is 4.04. The van der Waals surface area contributed by atoms with Crippen LogP contribution in [0.4, 0.5) is 0 Å². The summed E-state index contributed by atoms with van der Waals surface area (Å²) < 4.78 is 0. The highest BCUT2D eigenvalue weighted by Crippen LogP contribution is 1.99. The van der Waals surface area contributed by atoms with Gasteiger partial charge in [-0.3, -0.25) is 0 Å². The first kappa shape index (κ1) is 6.21. The molecule has 1 rings (SSSR count). The van der Waals surface area contributed by atoms with Crippen LogP contribution in [-0.4, -0.2) is 0 Å². The lowest BCUT2D eigenvalue weighted by Crippen LogP contribution is -1.79. The first-order chi connectivity index (χ1) is 4.43. The van der Waals surface area contributed by atoms with E-state index in [9.17, 15) is 0 Å². The van der Waals surface area contributed by atoms with Crippen LogP contribution >= 0.6 is 0 Å². The van der Waals surface area contributed by atoms with Crippen LogP contribution in [0.3, 0.4) is 0 Å². The molecule has 1 aromatic carbocycles. The average Bonchev–Trinajstić information content (AvgIpc) is 1.91. The number of benzene rings is 1. The van der Waals surface area contributed by atoms with Crippen LogP contribution in [0.5, 0.6) is 0 Å². The average molecular weight is 118 g/mol. The zero-order valence-electron chi connectivity index (χ0n) is 5.59. The Morgan fingerprint density at radius 3 is 2.44 bits per heavy atom. The summed E-state index contributed by atoms with van der Waals surface area (Å²) in [5, 5.41) is 0. The summed E-state index contributed by atoms with van der Waals surface area (Å²) in [5.74, 6) is 0. The maximum atomic E-state index is 3.08. The molecule has 0 nitrogen and oxygen atoms in total. The van der Waals surface area contributed by atoms with Crippen molar-refractivity contribution in [1.29, 1.82) is 0 Å². The molecular formula is C9H10+. The van der Waals surface area contributed by atoms with E-state index < -0.39 is 0 Å². The minimum absolute atomic E-state index is 0.959. The molecule has 0 bridgehead atoms. The third kappa shape index (κ3) is 1.80. The molecule has 0 aliphatic heterocycles. The van der Waals surface area contributed by atoms with Crippen LogP contribution in [0, 0.1) is 6.42 Å². The molecular weight excluding hydrogens is 108 g/mol. The fraction of sp³-hybridized carbons (Fsp3) is 0.222. The third-order valence-corrected chi connectivity index (χ3v) is 1.22. The van der Waals surface area contributed by atoms with E-state index in [4.69, 9.17) is 0 Å². The number of hydrogen-bond acceptors (Lipinski definition) is 0. The zero-order valence-corrected chi connectivity index (χ0v) is 5.59. The van der Waals surface area contributed by atoms with Gasteiger partial charge in [-0.25, -0.2) is 0 Å². The second-order valence-corrected chi connectivity index (χ2v) is 2.02. The molecule has 1 aromatic rings. The van der Waals surface area contributed by atoms with E-state index >= 15 is 0 Å². The molecule has 9 heavy (non-hydrogen) atoms. The highest BCUT2D eigenvalue weighted by atomic mass is 13.9. The molecule has 0 spiro atoms. The van der Waals surface area contributed by atoms with Gasteiger partial charge in [-0.1, -0.05) is 30.3 Å². The van der Waals surface area contributed by atoms with Crippen molar-refractivity contribution >= 4 is 0 Å². The monoisotopic (exact) mass is 118 g/mol. The van der Waals surface area contributed by atoms with Crippen molar-refractivity contribution in [2.24, 2.45) is 0 Å². The van der Waals surface area contributed by atoms with Crippen LogP contribution in [0.1, 0.15) is 12.5 Å². The fourth-order valence-corrected chi connectivity index (χ4v) is 0.800. The molecule has 0 aromatic heterocycles. The molecule has 45 valence electrons. The summed E-state index contributed by atoms with van der Waals surface area (Å²) in [4.78, 5) is 0. The smallest absolute Gasteiger partial charge is 0.0622 e. The maximum Gasteiger partial charge on any atom is 0.273 e. The Labute approximate surface area is 56.5 Å². The molecule has 0 saturated carbocycles. The summed E-state index contributed by atoms with van der Waals surface area (Å²) in [6.45, 7) is 1.95. The Morgan fingerprint density at radius 1 is 1.22 bits per heavy atom. The summed E-state index contributed by atoms with van der Waals surface area (Å²) >= 11 is 0. The van der Waals surface area contributed by atoms with E-state index in [2.05, 4.69) is 18.6 Å². The van der Waals surface area contributed by atoms with Gasteiger partial charge in [0.2, 0.25) is 0 Å². The van der Waals surface area contributed by atoms with Crippen molar-refractivity contribution in [2.45, 2.75) is 13.3 Å². The van der Waals surface area contributed by atoms with Gasteiger partial charge in [0, 0.05) is 5.56 Å². The second kappa shape index (κ2) is 3.18. The van der Waals surface area contributed by atoms with Gasteiger partial charge < -0.3 is 0 Å². The molecule has 0 heteroatoms. The van der Waals surface area contributed by atoms with E-state index in [-0.39, 0.29) is 0 Å². The summed E-state index contributed by atoms with van der Waals surface area (Å²) in [6, 6.07) is 10.3. The van der Waals surface area contributed by atoms with Crippen LogP contribution < -0.4 is 0 Å². The van der Waals surface area contributed by atoms with Gasteiger partial charge in [-0.05, 0) is 0 Å². The Morgan fingerprint density at radius 2 is 1.89 bits per heavy atom. The van der Waals surface area contributed by atoms with Gasteiger partial charge in [-0.15, -0.1) is 0 Å².